The van der Waals surface area contributed by atoms with Gasteiger partial charge in [-0.1, -0.05) is 54.6 Å². The van der Waals surface area contributed by atoms with Crippen LogP contribution in [-0.2, 0) is 0 Å². The van der Waals surface area contributed by atoms with Crippen molar-refractivity contribution in [2.24, 2.45) is 4.99 Å². The lowest BCUT2D eigenvalue weighted by Gasteiger charge is -2.04. The predicted molar refractivity (Wildman–Crippen MR) is 96.6 cm³/mol. The van der Waals surface area contributed by atoms with Gasteiger partial charge in [-0.05, 0) is 48.0 Å². The van der Waals surface area contributed by atoms with Crippen LogP contribution in [-0.4, -0.2) is 6.21 Å². The van der Waals surface area contributed by atoms with Gasteiger partial charge >= 0.3 is 0 Å². The van der Waals surface area contributed by atoms with Gasteiger partial charge in [0.05, 0.1) is 5.69 Å². The highest BCUT2D eigenvalue weighted by atomic mass is 16.5. The Kier molecular flexibility index (Phi) is 4.99. The van der Waals surface area contributed by atoms with E-state index in [4.69, 9.17) is 4.74 Å². The van der Waals surface area contributed by atoms with Gasteiger partial charge in [-0.15, -0.1) is 0 Å². The highest BCUT2D eigenvalue weighted by Gasteiger charge is 1.96. The van der Waals surface area contributed by atoms with E-state index in [1.54, 1.807) is 6.21 Å². The molecule has 0 aliphatic rings. The summed E-state index contributed by atoms with van der Waals surface area (Å²) in [7, 11) is 0. The van der Waals surface area contributed by atoms with Gasteiger partial charge in [0.15, 0.2) is 0 Å². The van der Waals surface area contributed by atoms with E-state index in [9.17, 15) is 0 Å². The van der Waals surface area contributed by atoms with Crippen molar-refractivity contribution in [3.8, 4) is 11.5 Å². The van der Waals surface area contributed by atoms with Crippen molar-refractivity contribution in [3.63, 3.8) is 0 Å². The molecule has 0 N–H and O–H groups in total. The maximum atomic E-state index is 5.75. The molecule has 3 rings (SSSR count). The lowest BCUT2D eigenvalue weighted by molar-refractivity contribution is 0.483. The molecule has 0 unspecified atom stereocenters. The highest BCUT2D eigenvalue weighted by Crippen LogP contribution is 2.23. The highest BCUT2D eigenvalue weighted by molar-refractivity contribution is 5.80. The number of benzene rings is 3. The van der Waals surface area contributed by atoms with Gasteiger partial charge in [-0.25, -0.2) is 0 Å². The van der Waals surface area contributed by atoms with Crippen LogP contribution < -0.4 is 4.74 Å². The summed E-state index contributed by atoms with van der Waals surface area (Å²) in [4.78, 5) is 4.40. The summed E-state index contributed by atoms with van der Waals surface area (Å²) in [6, 6.07) is 27.6. The monoisotopic (exact) mass is 299 g/mol. The van der Waals surface area contributed by atoms with Crippen LogP contribution >= 0.6 is 0 Å². The topological polar surface area (TPSA) is 21.6 Å². The number of ether oxygens (including phenoxy) is 1. The van der Waals surface area contributed by atoms with Gasteiger partial charge in [-0.3, -0.25) is 4.99 Å². The van der Waals surface area contributed by atoms with Gasteiger partial charge in [0, 0.05) is 6.21 Å². The normalized spacial score (nSPS) is 11.1. The third-order valence-electron chi connectivity index (χ3n) is 3.21. The van der Waals surface area contributed by atoms with E-state index in [1.807, 2.05) is 84.9 Å². The van der Waals surface area contributed by atoms with E-state index < -0.39 is 0 Å². The fourth-order valence-corrected chi connectivity index (χ4v) is 2.07. The predicted octanol–water partition coefficient (Wildman–Crippen LogP) is 5.89. The second-order valence-electron chi connectivity index (χ2n) is 4.96. The minimum atomic E-state index is 0.801. The van der Waals surface area contributed by atoms with Crippen LogP contribution in [0.25, 0.3) is 6.08 Å². The van der Waals surface area contributed by atoms with Crippen LogP contribution in [0.5, 0.6) is 11.5 Å². The maximum absolute atomic E-state index is 5.75. The fraction of sp³-hybridized carbons (Fsp3) is 0. The number of rotatable bonds is 5. The molecule has 3 aromatic rings. The molecule has 0 radical (unpaired) electrons. The van der Waals surface area contributed by atoms with Gasteiger partial charge < -0.3 is 4.74 Å². The summed E-state index contributed by atoms with van der Waals surface area (Å²) < 4.78 is 5.75. The van der Waals surface area contributed by atoms with Crippen LogP contribution in [0.15, 0.2) is 96.0 Å². The van der Waals surface area contributed by atoms with Crippen LogP contribution in [0.1, 0.15) is 5.56 Å². The zero-order valence-corrected chi connectivity index (χ0v) is 12.7. The number of hydrogen-bond acceptors (Lipinski definition) is 2. The van der Waals surface area contributed by atoms with E-state index in [2.05, 4.69) is 17.1 Å². The molecule has 0 aliphatic heterocycles. The fourth-order valence-electron chi connectivity index (χ4n) is 2.07. The molecule has 0 saturated carbocycles. The van der Waals surface area contributed by atoms with E-state index in [-0.39, 0.29) is 0 Å². The molecule has 0 aromatic heterocycles. The van der Waals surface area contributed by atoms with Crippen LogP contribution in [0.4, 0.5) is 5.69 Å². The molecule has 23 heavy (non-hydrogen) atoms. The second kappa shape index (κ2) is 7.76. The standard InChI is InChI=1S/C21H17NO/c1-3-8-18(9-4-1)10-7-17-22-19-13-15-21(16-14-19)23-20-11-5-2-6-12-20/h1-17H/b10-7+,22-17?. The molecule has 0 aliphatic carbocycles. The Bertz CT molecular complexity index is 775. The Morgan fingerprint density at radius 2 is 1.26 bits per heavy atom. The Morgan fingerprint density at radius 1 is 0.652 bits per heavy atom. The molecule has 2 heteroatoms. The quantitative estimate of drug-likeness (QED) is 0.538. The zero-order chi connectivity index (χ0) is 15.7. The number of hydrogen-bond donors (Lipinski definition) is 0. The first-order chi connectivity index (χ1) is 11.4. The lowest BCUT2D eigenvalue weighted by atomic mass is 10.2. The summed E-state index contributed by atoms with van der Waals surface area (Å²) >= 11 is 0. The molecular formula is C21H17NO. The zero-order valence-electron chi connectivity index (χ0n) is 12.7. The minimum Gasteiger partial charge on any atom is -0.457 e. The number of allylic oxidation sites excluding steroid dienone is 1. The Balaban J connectivity index is 1.59. The van der Waals surface area contributed by atoms with Crippen LogP contribution in [0.3, 0.4) is 0 Å². The molecule has 3 aromatic carbocycles. The van der Waals surface area contributed by atoms with Crippen LogP contribution in [0.2, 0.25) is 0 Å². The largest absolute Gasteiger partial charge is 0.457 e. The van der Waals surface area contributed by atoms with Crippen molar-refractivity contribution in [3.05, 3.63) is 96.6 Å². The number of nitrogens with zero attached hydrogens (tertiary/aromatic N) is 1. The van der Waals surface area contributed by atoms with Gasteiger partial charge in [0.2, 0.25) is 0 Å². The third kappa shape index (κ3) is 4.68. The van der Waals surface area contributed by atoms with E-state index >= 15 is 0 Å². The summed E-state index contributed by atoms with van der Waals surface area (Å²) in [5.41, 5.74) is 2.05. The first-order valence-corrected chi connectivity index (χ1v) is 7.49. The SMILES string of the molecule is C(/C=C/c1ccccc1)=Nc1ccc(Oc2ccccc2)cc1. The molecule has 0 saturated heterocycles. The molecule has 0 amide bonds. The van der Waals surface area contributed by atoms with Crippen LogP contribution in [0, 0.1) is 0 Å². The van der Waals surface area contributed by atoms with E-state index in [0.717, 1.165) is 22.7 Å². The first kappa shape index (κ1) is 14.8. The average Bonchev–Trinajstić information content (AvgIpc) is 2.62. The third-order valence-corrected chi connectivity index (χ3v) is 3.21. The van der Waals surface area contributed by atoms with Gasteiger partial charge in [-0.2, -0.15) is 0 Å². The van der Waals surface area contributed by atoms with Crippen molar-refractivity contribution < 1.29 is 4.74 Å². The smallest absolute Gasteiger partial charge is 0.127 e. The summed E-state index contributed by atoms with van der Waals surface area (Å²) in [5.74, 6) is 1.63. The van der Waals surface area contributed by atoms with Gasteiger partial charge in [0.25, 0.3) is 0 Å². The molecule has 112 valence electrons. The maximum Gasteiger partial charge on any atom is 0.127 e. The molecule has 0 fully saturated rings. The summed E-state index contributed by atoms with van der Waals surface area (Å²) in [6.45, 7) is 0. The van der Waals surface area contributed by atoms with Crippen molar-refractivity contribution in [2.45, 2.75) is 0 Å². The van der Waals surface area contributed by atoms with E-state index in [1.165, 1.54) is 0 Å². The minimum absolute atomic E-state index is 0.801. The Morgan fingerprint density at radius 3 is 1.96 bits per heavy atom. The number of para-hydroxylation sites is 1. The van der Waals surface area contributed by atoms with Crippen molar-refractivity contribution >= 4 is 18.0 Å². The Hall–Kier alpha value is -3.13. The first-order valence-electron chi connectivity index (χ1n) is 7.49. The van der Waals surface area contributed by atoms with Gasteiger partial charge in [0.1, 0.15) is 11.5 Å². The van der Waals surface area contributed by atoms with E-state index in [0.29, 0.717) is 0 Å². The summed E-state index contributed by atoms with van der Waals surface area (Å²) in [6.07, 6.45) is 5.75. The molecule has 2 nitrogen and oxygen atoms in total. The molecular weight excluding hydrogens is 282 g/mol. The summed E-state index contributed by atoms with van der Waals surface area (Å²) in [5, 5.41) is 0. The second-order valence-corrected chi connectivity index (χ2v) is 4.96. The molecule has 0 heterocycles. The molecule has 0 spiro atoms. The molecule has 0 atom stereocenters. The average molecular weight is 299 g/mol. The number of aliphatic imine (C=N–C) groups is 1. The van der Waals surface area contributed by atoms with Crippen molar-refractivity contribution in [1.82, 2.24) is 0 Å². The van der Waals surface area contributed by atoms with Crippen molar-refractivity contribution in [1.29, 1.82) is 0 Å². The molecule has 0 bridgehead atoms. The Labute approximate surface area is 136 Å². The van der Waals surface area contributed by atoms with Crippen molar-refractivity contribution in [2.75, 3.05) is 0 Å². The lowest BCUT2D eigenvalue weighted by Crippen LogP contribution is -1.82.